The van der Waals surface area contributed by atoms with Crippen LogP contribution in [0, 0.1) is 0 Å². The van der Waals surface area contributed by atoms with Crippen LogP contribution in [0.3, 0.4) is 0 Å². The fourth-order valence-corrected chi connectivity index (χ4v) is 2.79. The lowest BCUT2D eigenvalue weighted by atomic mass is 10.5. The zero-order valence-corrected chi connectivity index (χ0v) is 11.2. The van der Waals surface area contributed by atoms with E-state index in [1.807, 2.05) is 0 Å². The summed E-state index contributed by atoms with van der Waals surface area (Å²) in [5.41, 5.74) is 0. The van der Waals surface area contributed by atoms with Gasteiger partial charge in [-0.1, -0.05) is 6.92 Å². The molecule has 0 bridgehead atoms. The van der Waals surface area contributed by atoms with Crippen molar-refractivity contribution in [2.24, 2.45) is 0 Å². The first-order valence-corrected chi connectivity index (χ1v) is 8.01. The molecular weight excluding hydrogens is 282 g/mol. The molecule has 0 aliphatic heterocycles. The summed E-state index contributed by atoms with van der Waals surface area (Å²) < 4.78 is 41.2. The summed E-state index contributed by atoms with van der Waals surface area (Å²) in [6.07, 6.45) is 0. The molecule has 7 nitrogen and oxygen atoms in total. The number of sulfonamides is 1. The van der Waals surface area contributed by atoms with Crippen molar-refractivity contribution in [1.82, 2.24) is 4.72 Å². The molecule has 0 aromatic carbocycles. The van der Waals surface area contributed by atoms with Crippen molar-refractivity contribution in [2.75, 3.05) is 18.1 Å². The Balaban J connectivity index is 2.68. The molecule has 1 rings (SSSR count). The van der Waals surface area contributed by atoms with Gasteiger partial charge in [-0.05, 0) is 12.1 Å². The average molecular weight is 295 g/mol. The monoisotopic (exact) mass is 295 g/mol. The maximum Gasteiger partial charge on any atom is 0.371 e. The van der Waals surface area contributed by atoms with E-state index in [0.717, 1.165) is 12.1 Å². The van der Waals surface area contributed by atoms with Crippen LogP contribution in [0.5, 0.6) is 0 Å². The lowest BCUT2D eigenvalue weighted by molar-refractivity contribution is 0.0656. The van der Waals surface area contributed by atoms with Crippen LogP contribution in [-0.4, -0.2) is 41.8 Å². The number of rotatable bonds is 7. The number of carboxylic acids is 1. The van der Waals surface area contributed by atoms with Crippen molar-refractivity contribution >= 4 is 26.8 Å². The molecule has 9 heteroatoms. The predicted octanol–water partition coefficient (Wildman–Crippen LogP) is 0.0247. The molecule has 0 aliphatic rings. The van der Waals surface area contributed by atoms with Gasteiger partial charge in [-0.25, -0.2) is 17.9 Å². The summed E-state index contributed by atoms with van der Waals surface area (Å²) >= 11 is 0. The SMILES string of the molecule is CCS(=O)CCNS(=O)(=O)c1ccc(C(=O)O)o1. The van der Waals surface area contributed by atoms with Crippen LogP contribution in [0.25, 0.3) is 0 Å². The zero-order chi connectivity index (χ0) is 13.8. The normalized spacial score (nSPS) is 13.4. The van der Waals surface area contributed by atoms with E-state index in [-0.39, 0.29) is 12.3 Å². The van der Waals surface area contributed by atoms with Gasteiger partial charge in [0.05, 0.1) is 0 Å². The second-order valence-electron chi connectivity index (χ2n) is 3.25. The van der Waals surface area contributed by atoms with Crippen LogP contribution in [0.1, 0.15) is 17.5 Å². The average Bonchev–Trinajstić information content (AvgIpc) is 2.78. The summed E-state index contributed by atoms with van der Waals surface area (Å²) in [6.45, 7) is 1.74. The van der Waals surface area contributed by atoms with E-state index in [2.05, 4.69) is 9.14 Å². The lowest BCUT2D eigenvalue weighted by Gasteiger charge is -2.03. The quantitative estimate of drug-likeness (QED) is 0.733. The van der Waals surface area contributed by atoms with E-state index in [1.54, 1.807) is 6.92 Å². The highest BCUT2D eigenvalue weighted by Crippen LogP contribution is 2.13. The highest BCUT2D eigenvalue weighted by atomic mass is 32.2. The molecule has 102 valence electrons. The van der Waals surface area contributed by atoms with Crippen molar-refractivity contribution in [1.29, 1.82) is 0 Å². The third-order valence-electron chi connectivity index (χ3n) is 2.00. The molecule has 1 aromatic heterocycles. The van der Waals surface area contributed by atoms with Gasteiger partial charge in [-0.15, -0.1) is 0 Å². The first-order chi connectivity index (χ1) is 8.36. The number of hydrogen-bond donors (Lipinski definition) is 2. The molecule has 0 saturated carbocycles. The second-order valence-corrected chi connectivity index (χ2v) is 6.82. The molecule has 0 aliphatic carbocycles. The van der Waals surface area contributed by atoms with Crippen molar-refractivity contribution in [3.63, 3.8) is 0 Å². The molecule has 2 N–H and O–H groups in total. The number of nitrogens with one attached hydrogen (secondary N) is 1. The molecule has 1 atom stereocenters. The van der Waals surface area contributed by atoms with E-state index in [1.165, 1.54) is 0 Å². The third kappa shape index (κ3) is 3.93. The number of carbonyl (C=O) groups is 1. The Bertz CT molecular complexity index is 547. The van der Waals surface area contributed by atoms with Gasteiger partial charge in [0.15, 0.2) is 0 Å². The van der Waals surface area contributed by atoms with Crippen LogP contribution in [0.2, 0.25) is 0 Å². The largest absolute Gasteiger partial charge is 0.475 e. The Hall–Kier alpha value is -1.19. The van der Waals surface area contributed by atoms with Crippen LogP contribution in [-0.2, 0) is 20.8 Å². The van der Waals surface area contributed by atoms with Crippen molar-refractivity contribution in [2.45, 2.75) is 12.0 Å². The van der Waals surface area contributed by atoms with Crippen LogP contribution in [0.15, 0.2) is 21.6 Å². The molecular formula is C9H13NO6S2. The minimum absolute atomic E-state index is 0.00584. The van der Waals surface area contributed by atoms with E-state index in [0.29, 0.717) is 5.75 Å². The Labute approximate surface area is 107 Å². The lowest BCUT2D eigenvalue weighted by Crippen LogP contribution is -2.27. The minimum atomic E-state index is -3.89. The van der Waals surface area contributed by atoms with E-state index >= 15 is 0 Å². The Morgan fingerprint density at radius 2 is 2.17 bits per heavy atom. The summed E-state index contributed by atoms with van der Waals surface area (Å²) in [4.78, 5) is 10.5. The van der Waals surface area contributed by atoms with Crippen molar-refractivity contribution in [3.8, 4) is 0 Å². The Kier molecular flexibility index (Phi) is 5.05. The molecule has 1 heterocycles. The van der Waals surface area contributed by atoms with Gasteiger partial charge in [0.25, 0.3) is 10.0 Å². The van der Waals surface area contributed by atoms with Gasteiger partial charge in [0.1, 0.15) is 0 Å². The van der Waals surface area contributed by atoms with E-state index in [9.17, 15) is 17.4 Å². The number of furan rings is 1. The van der Waals surface area contributed by atoms with Crippen LogP contribution in [0.4, 0.5) is 0 Å². The Morgan fingerprint density at radius 3 is 2.67 bits per heavy atom. The topological polar surface area (TPSA) is 114 Å². The Morgan fingerprint density at radius 1 is 1.50 bits per heavy atom. The smallest absolute Gasteiger partial charge is 0.371 e. The van der Waals surface area contributed by atoms with Gasteiger partial charge < -0.3 is 9.52 Å². The molecule has 0 fully saturated rings. The molecule has 0 spiro atoms. The number of hydrogen-bond acceptors (Lipinski definition) is 5. The third-order valence-corrected chi connectivity index (χ3v) is 4.64. The minimum Gasteiger partial charge on any atom is -0.475 e. The predicted molar refractivity (Wildman–Crippen MR) is 64.4 cm³/mol. The van der Waals surface area contributed by atoms with Gasteiger partial charge in [-0.3, -0.25) is 4.21 Å². The highest BCUT2D eigenvalue weighted by Gasteiger charge is 2.20. The van der Waals surface area contributed by atoms with E-state index < -0.39 is 37.6 Å². The number of carboxylic acid groups (broad SMARTS) is 1. The van der Waals surface area contributed by atoms with Crippen molar-refractivity contribution in [3.05, 3.63) is 17.9 Å². The first-order valence-electron chi connectivity index (χ1n) is 5.04. The summed E-state index contributed by atoms with van der Waals surface area (Å²) in [5.74, 6) is -1.15. The maximum atomic E-state index is 11.6. The zero-order valence-electron chi connectivity index (χ0n) is 9.58. The molecule has 1 aromatic rings. The fourth-order valence-electron chi connectivity index (χ4n) is 1.08. The standard InChI is InChI=1S/C9H13NO6S2/c1-2-17(13)6-5-10-18(14,15)8-4-3-7(16-8)9(11)12/h3-4,10H,2,5-6H2,1H3,(H,11,12). The summed E-state index contributed by atoms with van der Waals surface area (Å²) in [6, 6.07) is 2.11. The number of aromatic carboxylic acids is 1. The molecule has 1 unspecified atom stereocenters. The summed E-state index contributed by atoms with van der Waals surface area (Å²) in [7, 11) is -4.96. The van der Waals surface area contributed by atoms with Gasteiger partial charge >= 0.3 is 5.97 Å². The molecule has 0 radical (unpaired) electrons. The van der Waals surface area contributed by atoms with Crippen molar-refractivity contribution < 1.29 is 26.9 Å². The fraction of sp³-hybridized carbons (Fsp3) is 0.444. The van der Waals surface area contributed by atoms with Gasteiger partial charge in [0.2, 0.25) is 10.9 Å². The van der Waals surface area contributed by atoms with E-state index in [4.69, 9.17) is 5.11 Å². The van der Waals surface area contributed by atoms with Crippen LogP contribution >= 0.6 is 0 Å². The second kappa shape index (κ2) is 6.12. The molecule has 18 heavy (non-hydrogen) atoms. The summed E-state index contributed by atoms with van der Waals surface area (Å²) in [5, 5.41) is 8.13. The first kappa shape index (κ1) is 14.9. The molecule has 0 amide bonds. The highest BCUT2D eigenvalue weighted by molar-refractivity contribution is 7.89. The van der Waals surface area contributed by atoms with Gasteiger partial charge in [-0.2, -0.15) is 0 Å². The molecule has 0 saturated heterocycles. The van der Waals surface area contributed by atoms with Gasteiger partial charge in [0, 0.05) is 28.9 Å². The van der Waals surface area contributed by atoms with Crippen LogP contribution < -0.4 is 4.72 Å². The maximum absolute atomic E-state index is 11.6.